The van der Waals surface area contributed by atoms with Crippen LogP contribution in [-0.2, 0) is 0 Å². The fourth-order valence-corrected chi connectivity index (χ4v) is 1.34. The lowest BCUT2D eigenvalue weighted by Crippen LogP contribution is -2.30. The third-order valence-electron chi connectivity index (χ3n) is 2.40. The number of rotatable bonds is 7. The van der Waals surface area contributed by atoms with Crippen LogP contribution in [0.15, 0.2) is 0 Å². The number of hydrogen-bond donors (Lipinski definition) is 4. The van der Waals surface area contributed by atoms with Gasteiger partial charge in [-0.15, -0.1) is 0 Å². The van der Waals surface area contributed by atoms with Crippen molar-refractivity contribution in [3.8, 4) is 6.01 Å². The fraction of sp³-hybridized carbons (Fsp3) is 0.727. The summed E-state index contributed by atoms with van der Waals surface area (Å²) in [5, 5.41) is 12.3. The summed E-state index contributed by atoms with van der Waals surface area (Å²) in [6.45, 7) is 7.70. The van der Waals surface area contributed by atoms with Gasteiger partial charge in [0.05, 0.1) is 18.8 Å². The molecule has 0 aliphatic rings. The number of nitrogens with zero attached hydrogens (tertiary/aromatic N) is 3. The first kappa shape index (κ1) is 15.4. The second-order valence-corrected chi connectivity index (χ2v) is 4.75. The second-order valence-electron chi connectivity index (χ2n) is 4.75. The largest absolute Gasteiger partial charge is 0.461 e. The molecule has 1 heterocycles. The van der Waals surface area contributed by atoms with Gasteiger partial charge in [-0.2, -0.15) is 15.0 Å². The van der Waals surface area contributed by atoms with Gasteiger partial charge in [-0.05, 0) is 19.8 Å². The SMILES string of the molecule is CC(C)Oc1nc(NN)nc(N[C@H](CO)C(C)C)n1. The Hall–Kier alpha value is -1.67. The lowest BCUT2D eigenvalue weighted by Gasteiger charge is -2.20. The van der Waals surface area contributed by atoms with E-state index in [1.807, 2.05) is 27.7 Å². The van der Waals surface area contributed by atoms with E-state index in [4.69, 9.17) is 10.6 Å². The van der Waals surface area contributed by atoms with Crippen LogP contribution >= 0.6 is 0 Å². The predicted octanol–water partition coefficient (Wildman–Crippen LogP) is 0.373. The van der Waals surface area contributed by atoms with Gasteiger partial charge in [0.1, 0.15) is 0 Å². The number of aromatic nitrogens is 3. The van der Waals surface area contributed by atoms with Crippen LogP contribution in [0.3, 0.4) is 0 Å². The molecule has 108 valence electrons. The molecule has 1 atom stereocenters. The van der Waals surface area contributed by atoms with Crippen molar-refractivity contribution in [2.45, 2.75) is 39.8 Å². The topological polar surface area (TPSA) is 118 Å². The normalized spacial score (nSPS) is 12.6. The monoisotopic (exact) mass is 270 g/mol. The summed E-state index contributed by atoms with van der Waals surface area (Å²) in [7, 11) is 0. The van der Waals surface area contributed by atoms with Gasteiger partial charge in [0.25, 0.3) is 0 Å². The number of ether oxygens (including phenoxy) is 1. The number of nitrogens with one attached hydrogen (secondary N) is 2. The van der Waals surface area contributed by atoms with Gasteiger partial charge in [-0.3, -0.25) is 5.43 Å². The number of hydrazine groups is 1. The molecule has 0 saturated heterocycles. The van der Waals surface area contributed by atoms with E-state index in [9.17, 15) is 5.11 Å². The van der Waals surface area contributed by atoms with Crippen LogP contribution in [0.2, 0.25) is 0 Å². The van der Waals surface area contributed by atoms with E-state index in [2.05, 4.69) is 25.7 Å². The highest BCUT2D eigenvalue weighted by Gasteiger charge is 2.15. The summed E-state index contributed by atoms with van der Waals surface area (Å²) in [4.78, 5) is 12.2. The molecule has 19 heavy (non-hydrogen) atoms. The zero-order valence-corrected chi connectivity index (χ0v) is 11.7. The number of nitrogens with two attached hydrogens (primary N) is 1. The Labute approximate surface area is 112 Å². The Morgan fingerprint density at radius 1 is 1.16 bits per heavy atom. The van der Waals surface area contributed by atoms with Gasteiger partial charge in [0.2, 0.25) is 11.9 Å². The zero-order chi connectivity index (χ0) is 14.4. The molecule has 0 aliphatic heterocycles. The maximum absolute atomic E-state index is 9.29. The molecule has 8 nitrogen and oxygen atoms in total. The molecule has 1 aromatic heterocycles. The van der Waals surface area contributed by atoms with Gasteiger partial charge in [0, 0.05) is 0 Å². The number of nitrogen functional groups attached to an aromatic ring is 1. The quantitative estimate of drug-likeness (QED) is 0.414. The lowest BCUT2D eigenvalue weighted by atomic mass is 10.1. The van der Waals surface area contributed by atoms with Crippen LogP contribution in [0, 0.1) is 5.92 Å². The first-order valence-corrected chi connectivity index (χ1v) is 6.23. The molecule has 0 bridgehead atoms. The molecule has 0 spiro atoms. The second kappa shape index (κ2) is 7.05. The highest BCUT2D eigenvalue weighted by molar-refractivity contribution is 5.35. The van der Waals surface area contributed by atoms with E-state index < -0.39 is 0 Å². The molecule has 0 aliphatic carbocycles. The maximum atomic E-state index is 9.29. The average Bonchev–Trinajstić information content (AvgIpc) is 2.34. The number of aliphatic hydroxyl groups excluding tert-OH is 1. The molecule has 0 unspecified atom stereocenters. The highest BCUT2D eigenvalue weighted by Crippen LogP contribution is 2.14. The molecule has 0 saturated carbocycles. The molecule has 1 rings (SSSR count). The van der Waals surface area contributed by atoms with Gasteiger partial charge < -0.3 is 15.2 Å². The Balaban J connectivity index is 2.92. The fourth-order valence-electron chi connectivity index (χ4n) is 1.34. The van der Waals surface area contributed by atoms with Crippen LogP contribution in [-0.4, -0.2) is 38.8 Å². The van der Waals surface area contributed by atoms with E-state index in [0.717, 1.165) is 0 Å². The third kappa shape index (κ3) is 4.84. The van der Waals surface area contributed by atoms with Crippen LogP contribution < -0.4 is 21.3 Å². The van der Waals surface area contributed by atoms with Crippen molar-refractivity contribution in [3.05, 3.63) is 0 Å². The maximum Gasteiger partial charge on any atom is 0.323 e. The van der Waals surface area contributed by atoms with Crippen molar-refractivity contribution in [1.82, 2.24) is 15.0 Å². The molecular weight excluding hydrogens is 248 g/mol. The third-order valence-corrected chi connectivity index (χ3v) is 2.40. The molecule has 8 heteroatoms. The Morgan fingerprint density at radius 3 is 2.26 bits per heavy atom. The van der Waals surface area contributed by atoms with E-state index in [0.29, 0.717) is 5.95 Å². The zero-order valence-electron chi connectivity index (χ0n) is 11.7. The Morgan fingerprint density at radius 2 is 1.79 bits per heavy atom. The number of aliphatic hydroxyl groups is 1. The van der Waals surface area contributed by atoms with E-state index in [1.54, 1.807) is 0 Å². The van der Waals surface area contributed by atoms with E-state index in [-0.39, 0.29) is 36.6 Å². The summed E-state index contributed by atoms with van der Waals surface area (Å²) in [6, 6.07) is 0.0285. The summed E-state index contributed by atoms with van der Waals surface area (Å²) in [5.74, 6) is 6.05. The standard InChI is InChI=1S/C11H22N6O2/c1-6(2)8(5-18)13-9-14-10(17-12)16-11(15-9)19-7(3)4/h6-8,18H,5,12H2,1-4H3,(H2,13,14,15,16,17)/t8-/m1/s1. The first-order chi connectivity index (χ1) is 8.96. The van der Waals surface area contributed by atoms with Crippen molar-refractivity contribution in [1.29, 1.82) is 0 Å². The van der Waals surface area contributed by atoms with Crippen molar-refractivity contribution in [3.63, 3.8) is 0 Å². The molecule has 1 aromatic rings. The molecule has 0 radical (unpaired) electrons. The molecule has 0 aromatic carbocycles. The van der Waals surface area contributed by atoms with E-state index in [1.165, 1.54) is 0 Å². The van der Waals surface area contributed by atoms with Gasteiger partial charge in [-0.25, -0.2) is 5.84 Å². The molecule has 0 amide bonds. The minimum absolute atomic E-state index is 0.0187. The number of hydrogen-bond acceptors (Lipinski definition) is 8. The molecule has 5 N–H and O–H groups in total. The first-order valence-electron chi connectivity index (χ1n) is 6.23. The molecular formula is C11H22N6O2. The van der Waals surface area contributed by atoms with Crippen molar-refractivity contribution < 1.29 is 9.84 Å². The molecule has 0 fully saturated rings. The van der Waals surface area contributed by atoms with Crippen molar-refractivity contribution in [2.75, 3.05) is 17.3 Å². The minimum Gasteiger partial charge on any atom is -0.461 e. The van der Waals surface area contributed by atoms with E-state index >= 15 is 0 Å². The van der Waals surface area contributed by atoms with Crippen LogP contribution in [0.25, 0.3) is 0 Å². The Kier molecular flexibility index (Phi) is 5.71. The minimum atomic E-state index is -0.153. The van der Waals surface area contributed by atoms with Crippen LogP contribution in [0.4, 0.5) is 11.9 Å². The predicted molar refractivity (Wildman–Crippen MR) is 72.7 cm³/mol. The smallest absolute Gasteiger partial charge is 0.323 e. The van der Waals surface area contributed by atoms with Gasteiger partial charge >= 0.3 is 6.01 Å². The Bertz CT molecular complexity index is 399. The van der Waals surface area contributed by atoms with Gasteiger partial charge in [0.15, 0.2) is 0 Å². The number of anilines is 2. The van der Waals surface area contributed by atoms with Crippen LogP contribution in [0.1, 0.15) is 27.7 Å². The van der Waals surface area contributed by atoms with Gasteiger partial charge in [-0.1, -0.05) is 13.8 Å². The summed E-state index contributed by atoms with van der Waals surface area (Å²) >= 11 is 0. The van der Waals surface area contributed by atoms with Crippen molar-refractivity contribution in [2.24, 2.45) is 11.8 Å². The van der Waals surface area contributed by atoms with Crippen LogP contribution in [0.5, 0.6) is 6.01 Å². The summed E-state index contributed by atoms with van der Waals surface area (Å²) in [6.07, 6.45) is -0.0559. The highest BCUT2D eigenvalue weighted by atomic mass is 16.5. The summed E-state index contributed by atoms with van der Waals surface area (Å²) < 4.78 is 5.41. The lowest BCUT2D eigenvalue weighted by molar-refractivity contribution is 0.221. The average molecular weight is 270 g/mol. The van der Waals surface area contributed by atoms with Crippen molar-refractivity contribution >= 4 is 11.9 Å². The summed E-state index contributed by atoms with van der Waals surface area (Å²) in [5.41, 5.74) is 2.36.